The van der Waals surface area contributed by atoms with Gasteiger partial charge in [0, 0.05) is 38.8 Å². The van der Waals surface area contributed by atoms with Gasteiger partial charge in [-0.1, -0.05) is 26.7 Å². The van der Waals surface area contributed by atoms with E-state index in [0.717, 1.165) is 58.4 Å². The van der Waals surface area contributed by atoms with Crippen molar-refractivity contribution < 1.29 is 14.3 Å². The minimum Gasteiger partial charge on any atom is -0.447 e. The molecule has 2 unspecified atom stereocenters. The molecule has 0 aromatic carbocycles. The number of aromatic nitrogens is 1. The van der Waals surface area contributed by atoms with Crippen LogP contribution in [0, 0.1) is 0 Å². The van der Waals surface area contributed by atoms with Crippen LogP contribution in [0.3, 0.4) is 0 Å². The van der Waals surface area contributed by atoms with E-state index >= 15 is 0 Å². The summed E-state index contributed by atoms with van der Waals surface area (Å²) in [5.41, 5.74) is 0.345. The van der Waals surface area contributed by atoms with E-state index in [9.17, 15) is 9.90 Å². The Morgan fingerprint density at radius 2 is 2.00 bits per heavy atom. The molecule has 1 fully saturated rings. The molecule has 0 aliphatic carbocycles. The number of hydrogen-bond acceptors (Lipinski definition) is 6. The topological polar surface area (TPSA) is 81.8 Å². The predicted molar refractivity (Wildman–Crippen MR) is 101 cm³/mol. The molecule has 1 aliphatic rings. The lowest BCUT2D eigenvalue weighted by Crippen LogP contribution is -2.48. The summed E-state index contributed by atoms with van der Waals surface area (Å²) < 4.78 is 5.47. The van der Waals surface area contributed by atoms with Crippen molar-refractivity contribution in [3.05, 3.63) is 17.8 Å². The van der Waals surface area contributed by atoms with Crippen LogP contribution in [-0.4, -0.2) is 70.7 Å². The Morgan fingerprint density at radius 3 is 2.65 bits per heavy atom. The van der Waals surface area contributed by atoms with Gasteiger partial charge in [-0.25, -0.2) is 4.98 Å². The molecule has 1 aliphatic heterocycles. The van der Waals surface area contributed by atoms with Gasteiger partial charge in [0.05, 0.1) is 12.6 Å². The number of aliphatic hydroxyl groups is 1. The fourth-order valence-corrected chi connectivity index (χ4v) is 3.04. The minimum atomic E-state index is -0.222. The lowest BCUT2D eigenvalue weighted by atomic mass is 10.1. The molecule has 0 spiro atoms. The first-order chi connectivity index (χ1) is 12.5. The number of carbonyl (C=O) groups is 1. The molecule has 1 saturated heterocycles. The van der Waals surface area contributed by atoms with Crippen molar-refractivity contribution in [2.45, 2.75) is 65.1 Å². The highest BCUT2D eigenvalue weighted by Gasteiger charge is 2.21. The summed E-state index contributed by atoms with van der Waals surface area (Å²) in [6, 6.07) is 0.128. The standard InChI is InChI=1S/C19H34N4O3/c1-4-6-7-16(24)12-22-8-10-23(11-9-22)13-18-21-17(14-26-18)19(25)20-15(3)5-2/h14-16,24H,4-13H2,1-3H3,(H,20,25). The van der Waals surface area contributed by atoms with E-state index in [1.54, 1.807) is 0 Å². The molecule has 0 bridgehead atoms. The first-order valence-corrected chi connectivity index (χ1v) is 9.89. The molecular formula is C19H34N4O3. The summed E-state index contributed by atoms with van der Waals surface area (Å²) in [7, 11) is 0. The van der Waals surface area contributed by atoms with E-state index < -0.39 is 0 Å². The summed E-state index contributed by atoms with van der Waals surface area (Å²) >= 11 is 0. The van der Waals surface area contributed by atoms with E-state index in [1.807, 2.05) is 13.8 Å². The van der Waals surface area contributed by atoms with Gasteiger partial charge in [0.1, 0.15) is 6.26 Å². The third-order valence-corrected chi connectivity index (χ3v) is 4.96. The van der Waals surface area contributed by atoms with Gasteiger partial charge in [0.15, 0.2) is 5.69 Å². The van der Waals surface area contributed by atoms with Crippen LogP contribution >= 0.6 is 0 Å². The lowest BCUT2D eigenvalue weighted by molar-refractivity contribution is 0.0627. The Hall–Kier alpha value is -1.44. The summed E-state index contributed by atoms with van der Waals surface area (Å²) in [6.45, 7) is 11.2. The van der Waals surface area contributed by atoms with Gasteiger partial charge in [-0.05, 0) is 19.8 Å². The first-order valence-electron chi connectivity index (χ1n) is 9.89. The summed E-state index contributed by atoms with van der Waals surface area (Å²) in [4.78, 5) is 21.0. The van der Waals surface area contributed by atoms with E-state index in [4.69, 9.17) is 4.42 Å². The van der Waals surface area contributed by atoms with Crippen LogP contribution in [0.15, 0.2) is 10.7 Å². The summed E-state index contributed by atoms with van der Waals surface area (Å²) in [5, 5.41) is 12.9. The number of aliphatic hydroxyl groups excluding tert-OH is 1. The number of amides is 1. The molecular weight excluding hydrogens is 332 g/mol. The molecule has 1 amide bonds. The van der Waals surface area contributed by atoms with Gasteiger partial charge in [0.25, 0.3) is 5.91 Å². The Morgan fingerprint density at radius 1 is 1.31 bits per heavy atom. The van der Waals surface area contributed by atoms with Crippen LogP contribution in [0.25, 0.3) is 0 Å². The van der Waals surface area contributed by atoms with Gasteiger partial charge >= 0.3 is 0 Å². The van der Waals surface area contributed by atoms with E-state index in [1.165, 1.54) is 6.26 Å². The maximum Gasteiger partial charge on any atom is 0.273 e. The zero-order chi connectivity index (χ0) is 18.9. The smallest absolute Gasteiger partial charge is 0.273 e. The third-order valence-electron chi connectivity index (χ3n) is 4.96. The van der Waals surface area contributed by atoms with Crippen molar-refractivity contribution in [3.8, 4) is 0 Å². The van der Waals surface area contributed by atoms with E-state index in [0.29, 0.717) is 18.1 Å². The maximum atomic E-state index is 12.1. The fourth-order valence-electron chi connectivity index (χ4n) is 3.04. The van der Waals surface area contributed by atoms with Crippen molar-refractivity contribution >= 4 is 5.91 Å². The molecule has 148 valence electrons. The Labute approximate surface area is 156 Å². The molecule has 2 N–H and O–H groups in total. The molecule has 2 heterocycles. The average Bonchev–Trinajstić information content (AvgIpc) is 3.10. The van der Waals surface area contributed by atoms with Crippen molar-refractivity contribution in [2.24, 2.45) is 0 Å². The Bertz CT molecular complexity index is 541. The largest absolute Gasteiger partial charge is 0.447 e. The molecule has 26 heavy (non-hydrogen) atoms. The number of piperazine rings is 1. The van der Waals surface area contributed by atoms with Crippen molar-refractivity contribution in [1.29, 1.82) is 0 Å². The molecule has 1 aromatic rings. The van der Waals surface area contributed by atoms with Crippen LogP contribution in [0.4, 0.5) is 0 Å². The highest BCUT2D eigenvalue weighted by atomic mass is 16.3. The molecule has 0 radical (unpaired) electrons. The predicted octanol–water partition coefficient (Wildman–Crippen LogP) is 1.87. The van der Waals surface area contributed by atoms with E-state index in [2.05, 4.69) is 27.0 Å². The monoisotopic (exact) mass is 366 g/mol. The third kappa shape index (κ3) is 6.70. The number of oxazole rings is 1. The molecule has 2 atom stereocenters. The second-order valence-electron chi connectivity index (χ2n) is 7.28. The SMILES string of the molecule is CCCCC(O)CN1CCN(Cc2nc(C(=O)NC(C)CC)co2)CC1. The molecule has 1 aromatic heterocycles. The highest BCUT2D eigenvalue weighted by Crippen LogP contribution is 2.11. The number of nitrogens with zero attached hydrogens (tertiary/aromatic N) is 3. The van der Waals surface area contributed by atoms with Crippen LogP contribution < -0.4 is 5.32 Å². The molecule has 7 nitrogen and oxygen atoms in total. The zero-order valence-corrected chi connectivity index (χ0v) is 16.4. The Kier molecular flexibility index (Phi) is 8.54. The lowest BCUT2D eigenvalue weighted by Gasteiger charge is -2.35. The van der Waals surface area contributed by atoms with Crippen LogP contribution in [0.2, 0.25) is 0 Å². The number of unbranched alkanes of at least 4 members (excludes halogenated alkanes) is 1. The zero-order valence-electron chi connectivity index (χ0n) is 16.4. The average molecular weight is 367 g/mol. The van der Waals surface area contributed by atoms with Gasteiger partial charge in [0.2, 0.25) is 5.89 Å². The second-order valence-corrected chi connectivity index (χ2v) is 7.28. The number of carbonyl (C=O) groups excluding carboxylic acids is 1. The Balaban J connectivity index is 1.73. The molecule has 7 heteroatoms. The number of β-amino-alcohol motifs (C(OH)–C–C–N with tert-alkyl or cyclic N) is 1. The molecule has 2 rings (SSSR count). The van der Waals surface area contributed by atoms with Gasteiger partial charge in [-0.3, -0.25) is 14.6 Å². The highest BCUT2D eigenvalue weighted by molar-refractivity contribution is 5.92. The maximum absolute atomic E-state index is 12.1. The fraction of sp³-hybridized carbons (Fsp3) is 0.789. The normalized spacial score (nSPS) is 18.6. The number of hydrogen-bond donors (Lipinski definition) is 2. The van der Waals surface area contributed by atoms with Crippen LogP contribution in [0.5, 0.6) is 0 Å². The minimum absolute atomic E-state index is 0.128. The van der Waals surface area contributed by atoms with Crippen LogP contribution in [0.1, 0.15) is 62.8 Å². The second kappa shape index (κ2) is 10.6. The van der Waals surface area contributed by atoms with Gasteiger partial charge in [-0.15, -0.1) is 0 Å². The van der Waals surface area contributed by atoms with Crippen molar-refractivity contribution in [3.63, 3.8) is 0 Å². The van der Waals surface area contributed by atoms with Gasteiger partial charge in [-0.2, -0.15) is 0 Å². The number of rotatable bonds is 10. The van der Waals surface area contributed by atoms with Crippen molar-refractivity contribution in [1.82, 2.24) is 20.1 Å². The van der Waals surface area contributed by atoms with Gasteiger partial charge < -0.3 is 14.8 Å². The van der Waals surface area contributed by atoms with E-state index in [-0.39, 0.29) is 18.1 Å². The van der Waals surface area contributed by atoms with Crippen molar-refractivity contribution in [2.75, 3.05) is 32.7 Å². The first kappa shape index (κ1) is 20.9. The quantitative estimate of drug-likeness (QED) is 0.658. The summed E-state index contributed by atoms with van der Waals surface area (Å²) in [5.74, 6) is 0.399. The van der Waals surface area contributed by atoms with Crippen LogP contribution in [-0.2, 0) is 6.54 Å². The number of nitrogens with one attached hydrogen (secondary N) is 1. The molecule has 0 saturated carbocycles. The summed E-state index contributed by atoms with van der Waals surface area (Å²) in [6.07, 6.45) is 5.19.